The topological polar surface area (TPSA) is 34.3 Å². The Hall–Kier alpha value is -2.79. The van der Waals surface area contributed by atoms with Crippen LogP contribution >= 0.6 is 0 Å². The maximum atomic E-state index is 15.6. The lowest BCUT2D eigenvalue weighted by molar-refractivity contribution is -0.155. The van der Waals surface area contributed by atoms with Gasteiger partial charge in [0.05, 0.1) is 19.3 Å². The number of hydrogen-bond donors (Lipinski definition) is 2. The zero-order valence-electron chi connectivity index (χ0n) is 20.8. The minimum absolute atomic E-state index is 0.0918. The Labute approximate surface area is 215 Å². The Balaban J connectivity index is 1.52. The summed E-state index contributed by atoms with van der Waals surface area (Å²) in [5.74, 6) is -2.47. The number of halogens is 7. The fourth-order valence-corrected chi connectivity index (χ4v) is 5.90. The van der Waals surface area contributed by atoms with Crippen LogP contribution in [0.15, 0.2) is 30.3 Å². The number of aromatic amines is 1. The second-order valence-corrected chi connectivity index (χ2v) is 10.3. The summed E-state index contributed by atoms with van der Waals surface area (Å²) in [5, 5.41) is 3.72. The van der Waals surface area contributed by atoms with Crippen molar-refractivity contribution in [2.75, 3.05) is 38.2 Å². The molecule has 0 radical (unpaired) electrons. The number of anilines is 1. The number of aromatic nitrogens is 1. The molecule has 2 aromatic carbocycles. The Morgan fingerprint density at radius 1 is 1.08 bits per heavy atom. The number of nitrogens with zero attached hydrogens (tertiary/aromatic N) is 2. The zero-order chi connectivity index (χ0) is 27.2. The molecule has 0 bridgehead atoms. The van der Waals surface area contributed by atoms with Crippen molar-refractivity contribution >= 4 is 16.6 Å². The van der Waals surface area contributed by atoms with Crippen molar-refractivity contribution in [2.24, 2.45) is 0 Å². The molecule has 2 aliphatic rings. The molecule has 0 saturated carbocycles. The summed E-state index contributed by atoms with van der Waals surface area (Å²) in [6.07, 6.45) is -3.27. The van der Waals surface area contributed by atoms with Crippen LogP contribution in [0.4, 0.5) is 36.4 Å². The Bertz CT molecular complexity index is 1280. The van der Waals surface area contributed by atoms with Crippen LogP contribution in [0.2, 0.25) is 0 Å². The lowest BCUT2D eigenvalue weighted by Crippen LogP contribution is -2.47. The summed E-state index contributed by atoms with van der Waals surface area (Å²) in [7, 11) is 0. The molecule has 2 aliphatic heterocycles. The first-order chi connectivity index (χ1) is 18.0. The Morgan fingerprint density at radius 3 is 2.50 bits per heavy atom. The van der Waals surface area contributed by atoms with E-state index in [4.69, 9.17) is 0 Å². The van der Waals surface area contributed by atoms with Crippen LogP contribution in [0.1, 0.15) is 42.6 Å². The van der Waals surface area contributed by atoms with Crippen LogP contribution in [-0.4, -0.2) is 65.9 Å². The number of nitrogens with one attached hydrogen (secondary N) is 2. The third-order valence-corrected chi connectivity index (χ3v) is 7.54. The molecule has 11 heteroatoms. The van der Waals surface area contributed by atoms with E-state index in [1.807, 2.05) is 0 Å². The molecule has 3 heterocycles. The highest BCUT2D eigenvalue weighted by molar-refractivity contribution is 5.85. The molecule has 3 atom stereocenters. The van der Waals surface area contributed by atoms with E-state index in [9.17, 15) is 22.0 Å². The fourth-order valence-electron chi connectivity index (χ4n) is 5.90. The molecule has 1 saturated heterocycles. The second-order valence-electron chi connectivity index (χ2n) is 10.3. The predicted molar refractivity (Wildman–Crippen MR) is 131 cm³/mol. The molecule has 0 spiro atoms. The summed E-state index contributed by atoms with van der Waals surface area (Å²) in [6, 6.07) is 4.05. The molecule has 0 aliphatic carbocycles. The van der Waals surface area contributed by atoms with E-state index >= 15 is 8.78 Å². The summed E-state index contributed by atoms with van der Waals surface area (Å²) in [6.45, 7) is 1.74. The standard InChI is InChI=1S/C27H29F7N4/c1-15-9-20-19-4-3-16(29)10-23(19)36-25(20)26(38(15)14-27(32,33)34)24-21(30)11-18(12-22(24)31)35-17-5-8-37(13-17)7-2-6-28/h3-4,10-12,15,17,26,35-36H,2,5-9,13-14H2,1H3/t15-,17?,26-/m1/s1. The Morgan fingerprint density at radius 2 is 1.82 bits per heavy atom. The van der Waals surface area contributed by atoms with Gasteiger partial charge >= 0.3 is 6.18 Å². The van der Waals surface area contributed by atoms with Gasteiger partial charge in [-0.05, 0) is 62.1 Å². The molecule has 206 valence electrons. The van der Waals surface area contributed by atoms with Crippen molar-refractivity contribution in [3.63, 3.8) is 0 Å². The molecule has 3 aromatic rings. The quantitative estimate of drug-likeness (QED) is 0.343. The molecule has 38 heavy (non-hydrogen) atoms. The fraction of sp³-hybridized carbons (Fsp3) is 0.481. The van der Waals surface area contributed by atoms with Gasteiger partial charge in [0.15, 0.2) is 0 Å². The van der Waals surface area contributed by atoms with Gasteiger partial charge in [0, 0.05) is 59.6 Å². The molecular formula is C27H29F7N4. The average Bonchev–Trinajstić information content (AvgIpc) is 3.41. The molecule has 1 aromatic heterocycles. The minimum atomic E-state index is -4.60. The van der Waals surface area contributed by atoms with Crippen LogP contribution in [-0.2, 0) is 6.42 Å². The number of benzene rings is 2. The largest absolute Gasteiger partial charge is 0.401 e. The molecule has 1 unspecified atom stereocenters. The number of rotatable bonds is 7. The van der Waals surface area contributed by atoms with Crippen molar-refractivity contribution < 1.29 is 30.7 Å². The number of hydrogen-bond acceptors (Lipinski definition) is 3. The van der Waals surface area contributed by atoms with Crippen molar-refractivity contribution in [1.82, 2.24) is 14.8 Å². The van der Waals surface area contributed by atoms with E-state index in [0.29, 0.717) is 42.4 Å². The molecular weight excluding hydrogens is 513 g/mol. The summed E-state index contributed by atoms with van der Waals surface area (Å²) in [4.78, 5) is 6.07. The lowest BCUT2D eigenvalue weighted by Gasteiger charge is -2.41. The third-order valence-electron chi connectivity index (χ3n) is 7.54. The van der Waals surface area contributed by atoms with Gasteiger partial charge in [-0.3, -0.25) is 9.29 Å². The number of likely N-dealkylation sites (tertiary alicyclic amines) is 1. The van der Waals surface area contributed by atoms with Crippen molar-refractivity contribution in [2.45, 2.75) is 50.5 Å². The van der Waals surface area contributed by atoms with Crippen LogP contribution in [0, 0.1) is 17.5 Å². The smallest absolute Gasteiger partial charge is 0.381 e. The van der Waals surface area contributed by atoms with Crippen molar-refractivity contribution in [3.05, 3.63) is 64.6 Å². The van der Waals surface area contributed by atoms with E-state index in [1.165, 1.54) is 18.2 Å². The van der Waals surface area contributed by atoms with E-state index in [0.717, 1.165) is 23.6 Å². The highest BCUT2D eigenvalue weighted by atomic mass is 19.4. The number of alkyl halides is 4. The van der Waals surface area contributed by atoms with Crippen LogP contribution in [0.3, 0.4) is 0 Å². The van der Waals surface area contributed by atoms with Gasteiger partial charge in [-0.2, -0.15) is 13.2 Å². The molecule has 2 N–H and O–H groups in total. The van der Waals surface area contributed by atoms with E-state index in [1.54, 1.807) is 6.92 Å². The summed E-state index contributed by atoms with van der Waals surface area (Å²) >= 11 is 0. The van der Waals surface area contributed by atoms with Gasteiger partial charge in [0.25, 0.3) is 0 Å². The van der Waals surface area contributed by atoms with E-state index < -0.39 is 54.5 Å². The second kappa shape index (κ2) is 10.4. The minimum Gasteiger partial charge on any atom is -0.381 e. The number of fused-ring (bicyclic) bond motifs is 3. The van der Waals surface area contributed by atoms with Crippen LogP contribution in [0.5, 0.6) is 0 Å². The maximum absolute atomic E-state index is 15.6. The Kier molecular flexibility index (Phi) is 7.34. The van der Waals surface area contributed by atoms with Crippen LogP contribution in [0.25, 0.3) is 10.9 Å². The van der Waals surface area contributed by atoms with E-state index in [2.05, 4.69) is 15.2 Å². The monoisotopic (exact) mass is 542 g/mol. The van der Waals surface area contributed by atoms with Gasteiger partial charge in [-0.1, -0.05) is 0 Å². The highest BCUT2D eigenvalue weighted by Crippen LogP contribution is 2.44. The molecule has 5 rings (SSSR count). The first-order valence-electron chi connectivity index (χ1n) is 12.7. The van der Waals surface area contributed by atoms with Crippen LogP contribution < -0.4 is 5.32 Å². The molecule has 1 fully saturated rings. The van der Waals surface area contributed by atoms with Crippen molar-refractivity contribution in [3.8, 4) is 0 Å². The normalized spacial score (nSPS) is 22.8. The first-order valence-corrected chi connectivity index (χ1v) is 12.7. The lowest BCUT2D eigenvalue weighted by atomic mass is 9.88. The zero-order valence-corrected chi connectivity index (χ0v) is 20.8. The predicted octanol–water partition coefficient (Wildman–Crippen LogP) is 6.33. The highest BCUT2D eigenvalue weighted by Gasteiger charge is 2.44. The van der Waals surface area contributed by atoms with Gasteiger partial charge in [-0.25, -0.2) is 13.2 Å². The number of H-pyrrole nitrogens is 1. The third kappa shape index (κ3) is 5.36. The molecule has 0 amide bonds. The van der Waals surface area contributed by atoms with Gasteiger partial charge < -0.3 is 15.2 Å². The summed E-state index contributed by atoms with van der Waals surface area (Å²) in [5.41, 5.74) is 0.905. The van der Waals surface area contributed by atoms with E-state index in [-0.39, 0.29) is 23.8 Å². The SMILES string of the molecule is C[C@@H]1Cc2c([nH]c3cc(F)ccc23)[C@@H](c2c(F)cc(NC3CCN(CCCF)C3)cc2F)N1CC(F)(F)F. The summed E-state index contributed by atoms with van der Waals surface area (Å²) < 4.78 is 98.5. The van der Waals surface area contributed by atoms with Gasteiger partial charge in [0.2, 0.25) is 0 Å². The van der Waals surface area contributed by atoms with Crippen molar-refractivity contribution in [1.29, 1.82) is 0 Å². The van der Waals surface area contributed by atoms with Gasteiger partial charge in [0.1, 0.15) is 17.5 Å². The average molecular weight is 543 g/mol. The molecule has 4 nitrogen and oxygen atoms in total. The maximum Gasteiger partial charge on any atom is 0.401 e. The van der Waals surface area contributed by atoms with Gasteiger partial charge in [-0.15, -0.1) is 0 Å². The first kappa shape index (κ1) is 26.8.